The molecule has 0 unspecified atom stereocenters. The van der Waals surface area contributed by atoms with Crippen molar-refractivity contribution in [2.45, 2.75) is 50.5 Å². The van der Waals surface area contributed by atoms with E-state index in [1.54, 1.807) is 13.3 Å². The van der Waals surface area contributed by atoms with Gasteiger partial charge < -0.3 is 24.6 Å². The first-order valence-corrected chi connectivity index (χ1v) is 13.9. The standard InChI is InChI=1S/C32H38N2O5/c1-38-31-16-27(11-12-30(31)39-21-23-5-7-25(8-6-23)26-9-10-26)28-17-34(18-28)32(37)29-15-22(13-14-33-29)3-2-4-24(19-35)20-36/h5-8,11-16,24,26,28,35-36H,2-4,9-10,17-21H2,1H3. The Bertz CT molecular complexity index is 1250. The molecule has 206 valence electrons. The molecule has 5 rings (SSSR count). The molecule has 1 saturated heterocycles. The molecule has 0 radical (unpaired) electrons. The van der Waals surface area contributed by atoms with Crippen LogP contribution >= 0.6 is 0 Å². The molecule has 2 fully saturated rings. The predicted octanol–water partition coefficient (Wildman–Crippen LogP) is 4.71. The highest BCUT2D eigenvalue weighted by atomic mass is 16.5. The second kappa shape index (κ2) is 12.6. The predicted molar refractivity (Wildman–Crippen MR) is 149 cm³/mol. The van der Waals surface area contributed by atoms with Gasteiger partial charge in [0.15, 0.2) is 11.5 Å². The van der Waals surface area contributed by atoms with Gasteiger partial charge in [-0.25, -0.2) is 0 Å². The highest BCUT2D eigenvalue weighted by Crippen LogP contribution is 2.40. The first-order valence-electron chi connectivity index (χ1n) is 13.9. The summed E-state index contributed by atoms with van der Waals surface area (Å²) in [5.74, 6) is 2.26. The Hall–Kier alpha value is -3.42. The number of aromatic nitrogens is 1. The highest BCUT2D eigenvalue weighted by Gasteiger charge is 2.33. The number of hydrogen-bond acceptors (Lipinski definition) is 6. The summed E-state index contributed by atoms with van der Waals surface area (Å²) >= 11 is 0. The Morgan fingerprint density at radius 2 is 1.69 bits per heavy atom. The number of rotatable bonds is 13. The number of benzene rings is 2. The summed E-state index contributed by atoms with van der Waals surface area (Å²) in [6.45, 7) is 1.74. The summed E-state index contributed by atoms with van der Waals surface area (Å²) in [5, 5.41) is 18.5. The number of aliphatic hydroxyl groups is 2. The highest BCUT2D eigenvalue weighted by molar-refractivity contribution is 5.93. The summed E-state index contributed by atoms with van der Waals surface area (Å²) in [7, 11) is 1.65. The Kier molecular flexibility index (Phi) is 8.79. The second-order valence-electron chi connectivity index (χ2n) is 10.8. The van der Waals surface area contributed by atoms with Crippen LogP contribution in [0.15, 0.2) is 60.8 Å². The molecule has 3 aromatic rings. The second-order valence-corrected chi connectivity index (χ2v) is 10.8. The van der Waals surface area contributed by atoms with Gasteiger partial charge in [0.25, 0.3) is 5.91 Å². The van der Waals surface area contributed by atoms with Gasteiger partial charge in [0.1, 0.15) is 12.3 Å². The molecular weight excluding hydrogens is 492 g/mol. The molecule has 1 aliphatic carbocycles. The third-order valence-electron chi connectivity index (χ3n) is 7.89. The van der Waals surface area contributed by atoms with Crippen molar-refractivity contribution in [3.63, 3.8) is 0 Å². The number of carbonyl (C=O) groups excluding carboxylic acids is 1. The van der Waals surface area contributed by atoms with Crippen LogP contribution in [0.3, 0.4) is 0 Å². The van der Waals surface area contributed by atoms with E-state index in [-0.39, 0.29) is 31.0 Å². The van der Waals surface area contributed by atoms with Crippen molar-refractivity contribution in [2.75, 3.05) is 33.4 Å². The lowest BCUT2D eigenvalue weighted by molar-refractivity contribution is 0.0596. The lowest BCUT2D eigenvalue weighted by atomic mass is 9.90. The molecule has 7 nitrogen and oxygen atoms in total. The molecule has 1 aliphatic heterocycles. The molecule has 0 spiro atoms. The summed E-state index contributed by atoms with van der Waals surface area (Å²) in [6.07, 6.45) is 6.64. The number of aliphatic hydroxyl groups excluding tert-OH is 2. The maximum atomic E-state index is 13.0. The Morgan fingerprint density at radius 3 is 2.38 bits per heavy atom. The lowest BCUT2D eigenvalue weighted by Gasteiger charge is -2.39. The zero-order chi connectivity index (χ0) is 27.2. The average Bonchev–Trinajstić information content (AvgIpc) is 3.80. The molecule has 2 heterocycles. The van der Waals surface area contributed by atoms with Gasteiger partial charge in [-0.15, -0.1) is 0 Å². The van der Waals surface area contributed by atoms with Crippen molar-refractivity contribution in [2.24, 2.45) is 5.92 Å². The van der Waals surface area contributed by atoms with Crippen molar-refractivity contribution < 1.29 is 24.5 Å². The maximum absolute atomic E-state index is 13.0. The Morgan fingerprint density at radius 1 is 0.949 bits per heavy atom. The summed E-state index contributed by atoms with van der Waals surface area (Å²) < 4.78 is 11.7. The quantitative estimate of drug-likeness (QED) is 0.333. The zero-order valence-electron chi connectivity index (χ0n) is 22.6. The molecule has 1 aromatic heterocycles. The van der Waals surface area contributed by atoms with Crippen LogP contribution in [0, 0.1) is 5.92 Å². The van der Waals surface area contributed by atoms with Gasteiger partial charge in [-0.05, 0) is 84.5 Å². The minimum absolute atomic E-state index is 0.0109. The smallest absolute Gasteiger partial charge is 0.272 e. The van der Waals surface area contributed by atoms with Crippen LogP contribution in [0.2, 0.25) is 0 Å². The van der Waals surface area contributed by atoms with Gasteiger partial charge >= 0.3 is 0 Å². The first kappa shape index (κ1) is 27.2. The fourth-order valence-corrected chi connectivity index (χ4v) is 5.12. The first-order chi connectivity index (χ1) is 19.1. The molecule has 0 atom stereocenters. The lowest BCUT2D eigenvalue weighted by Crippen LogP contribution is -2.48. The van der Waals surface area contributed by atoms with E-state index in [1.807, 2.05) is 29.2 Å². The number of ether oxygens (including phenoxy) is 2. The number of amides is 1. The van der Waals surface area contributed by atoms with Gasteiger partial charge in [0, 0.05) is 44.3 Å². The van der Waals surface area contributed by atoms with Crippen molar-refractivity contribution in [3.8, 4) is 11.5 Å². The number of nitrogens with zero attached hydrogens (tertiary/aromatic N) is 2. The topological polar surface area (TPSA) is 92.1 Å². The van der Waals surface area contributed by atoms with Crippen molar-refractivity contribution in [3.05, 3.63) is 88.7 Å². The van der Waals surface area contributed by atoms with Gasteiger partial charge in [-0.2, -0.15) is 0 Å². The molecule has 2 aliphatic rings. The zero-order valence-corrected chi connectivity index (χ0v) is 22.6. The average molecular weight is 531 g/mol. The molecular formula is C32H38N2O5. The monoisotopic (exact) mass is 530 g/mol. The number of likely N-dealkylation sites (tertiary alicyclic amines) is 1. The van der Waals surface area contributed by atoms with Crippen LogP contribution in [0.1, 0.15) is 70.3 Å². The number of hydrogen-bond donors (Lipinski definition) is 2. The van der Waals surface area contributed by atoms with E-state index >= 15 is 0 Å². The molecule has 1 amide bonds. The van der Waals surface area contributed by atoms with Crippen LogP contribution < -0.4 is 9.47 Å². The largest absolute Gasteiger partial charge is 0.493 e. The summed E-state index contributed by atoms with van der Waals surface area (Å²) in [5.41, 5.74) is 5.18. The van der Waals surface area contributed by atoms with Gasteiger partial charge in [-0.1, -0.05) is 30.3 Å². The summed E-state index contributed by atoms with van der Waals surface area (Å²) in [6, 6.07) is 18.5. The SMILES string of the molecule is COc1cc(C2CN(C(=O)c3cc(CCCC(CO)CO)ccn3)C2)ccc1OCc1ccc(C2CC2)cc1. The Labute approximate surface area is 230 Å². The van der Waals surface area contributed by atoms with Crippen molar-refractivity contribution in [1.82, 2.24) is 9.88 Å². The molecule has 0 bridgehead atoms. The van der Waals surface area contributed by atoms with Gasteiger partial charge in [0.2, 0.25) is 0 Å². The maximum Gasteiger partial charge on any atom is 0.272 e. The normalized spacial score (nSPS) is 15.3. The number of carbonyl (C=O) groups is 1. The van der Waals surface area contributed by atoms with Crippen LogP contribution in [0.4, 0.5) is 0 Å². The van der Waals surface area contributed by atoms with E-state index in [2.05, 4.69) is 35.3 Å². The molecule has 39 heavy (non-hydrogen) atoms. The third-order valence-corrected chi connectivity index (χ3v) is 7.89. The van der Waals surface area contributed by atoms with Gasteiger partial charge in [-0.3, -0.25) is 9.78 Å². The van der Waals surface area contributed by atoms with Crippen LogP contribution in [-0.2, 0) is 13.0 Å². The third kappa shape index (κ3) is 6.78. The van der Waals surface area contributed by atoms with E-state index < -0.39 is 0 Å². The Balaban J connectivity index is 1.13. The number of pyridine rings is 1. The summed E-state index contributed by atoms with van der Waals surface area (Å²) in [4.78, 5) is 19.2. The fraction of sp³-hybridized carbons (Fsp3) is 0.438. The van der Waals surface area contributed by atoms with E-state index in [0.29, 0.717) is 36.9 Å². The van der Waals surface area contributed by atoms with Crippen LogP contribution in [-0.4, -0.2) is 59.4 Å². The van der Waals surface area contributed by atoms with Crippen molar-refractivity contribution >= 4 is 5.91 Å². The molecule has 2 aromatic carbocycles. The van der Waals surface area contributed by atoms with E-state index in [0.717, 1.165) is 41.9 Å². The number of aryl methyl sites for hydroxylation is 1. The van der Waals surface area contributed by atoms with Gasteiger partial charge in [0.05, 0.1) is 7.11 Å². The van der Waals surface area contributed by atoms with E-state index in [9.17, 15) is 15.0 Å². The van der Waals surface area contributed by atoms with E-state index in [4.69, 9.17) is 9.47 Å². The van der Waals surface area contributed by atoms with E-state index in [1.165, 1.54) is 18.4 Å². The van der Waals surface area contributed by atoms with Crippen LogP contribution in [0.5, 0.6) is 11.5 Å². The number of methoxy groups -OCH3 is 1. The molecule has 2 N–H and O–H groups in total. The minimum Gasteiger partial charge on any atom is -0.493 e. The fourth-order valence-electron chi connectivity index (χ4n) is 5.12. The minimum atomic E-state index is -0.0887. The molecule has 1 saturated carbocycles. The van der Waals surface area contributed by atoms with Crippen LogP contribution in [0.25, 0.3) is 0 Å². The van der Waals surface area contributed by atoms with Crippen molar-refractivity contribution in [1.29, 1.82) is 0 Å². The molecule has 7 heteroatoms.